The van der Waals surface area contributed by atoms with E-state index in [-0.39, 0.29) is 24.8 Å². The molecule has 2 amide bonds. The van der Waals surface area contributed by atoms with Gasteiger partial charge < -0.3 is 20.4 Å². The van der Waals surface area contributed by atoms with Gasteiger partial charge in [-0.2, -0.15) is 0 Å². The molecule has 0 saturated heterocycles. The molecule has 150 valence electrons. The minimum atomic E-state index is -0.308. The van der Waals surface area contributed by atoms with Crippen LogP contribution in [0, 0.1) is 0 Å². The highest BCUT2D eigenvalue weighted by molar-refractivity contribution is 6.01. The Bertz CT molecular complexity index is 1170. The summed E-state index contributed by atoms with van der Waals surface area (Å²) in [7, 11) is 0. The number of carbonyl (C=O) groups is 2. The van der Waals surface area contributed by atoms with Gasteiger partial charge in [-0.25, -0.2) is 0 Å². The summed E-state index contributed by atoms with van der Waals surface area (Å²) in [5.41, 5.74) is 2.97. The molecule has 6 nitrogen and oxygen atoms in total. The molecule has 1 aromatic heterocycles. The summed E-state index contributed by atoms with van der Waals surface area (Å²) in [6.45, 7) is -0.123. The number of carbonyl (C=O) groups excluding carboxylic acids is 2. The van der Waals surface area contributed by atoms with Crippen molar-refractivity contribution in [2.24, 2.45) is 0 Å². The smallest absolute Gasteiger partial charge is 0.262 e. The van der Waals surface area contributed by atoms with Gasteiger partial charge >= 0.3 is 0 Å². The Balaban J connectivity index is 1.39. The van der Waals surface area contributed by atoms with E-state index < -0.39 is 0 Å². The number of H-pyrrole nitrogens is 1. The number of fused-ring (bicyclic) bond motifs is 1. The maximum atomic E-state index is 12.6. The lowest BCUT2D eigenvalue weighted by atomic mass is 10.1. The topological polar surface area (TPSA) is 83.2 Å². The van der Waals surface area contributed by atoms with Crippen molar-refractivity contribution in [2.75, 3.05) is 17.2 Å². The van der Waals surface area contributed by atoms with E-state index in [1.807, 2.05) is 48.7 Å². The summed E-state index contributed by atoms with van der Waals surface area (Å²) < 4.78 is 5.47. The average molecular weight is 399 g/mol. The fourth-order valence-electron chi connectivity index (χ4n) is 3.20. The molecule has 6 heteroatoms. The molecule has 0 aliphatic heterocycles. The van der Waals surface area contributed by atoms with Crippen molar-refractivity contribution in [1.29, 1.82) is 0 Å². The zero-order chi connectivity index (χ0) is 20.8. The van der Waals surface area contributed by atoms with Crippen LogP contribution in [0.2, 0.25) is 0 Å². The molecule has 0 aliphatic rings. The van der Waals surface area contributed by atoms with Gasteiger partial charge in [0.25, 0.3) is 5.91 Å². The lowest BCUT2D eigenvalue weighted by molar-refractivity contribution is -0.118. The highest BCUT2D eigenvalue weighted by Crippen LogP contribution is 2.23. The highest BCUT2D eigenvalue weighted by atomic mass is 16.5. The number of amides is 2. The fraction of sp³-hybridized carbons (Fsp3) is 0.0833. The third kappa shape index (κ3) is 4.67. The Labute approximate surface area is 173 Å². The Hall–Kier alpha value is -4.06. The van der Waals surface area contributed by atoms with E-state index in [9.17, 15) is 9.59 Å². The van der Waals surface area contributed by atoms with Crippen LogP contribution in [-0.4, -0.2) is 23.4 Å². The van der Waals surface area contributed by atoms with Gasteiger partial charge in [0, 0.05) is 17.1 Å². The van der Waals surface area contributed by atoms with Crippen molar-refractivity contribution in [3.05, 3.63) is 90.6 Å². The molecule has 0 unspecified atom stereocenters. The second-order valence-electron chi connectivity index (χ2n) is 6.78. The van der Waals surface area contributed by atoms with Gasteiger partial charge in [0.05, 0.1) is 17.8 Å². The number of nitrogens with one attached hydrogen (secondary N) is 3. The first-order valence-electron chi connectivity index (χ1n) is 9.60. The normalized spacial score (nSPS) is 10.5. The molecule has 1 heterocycles. The summed E-state index contributed by atoms with van der Waals surface area (Å²) in [5.74, 6) is 0.145. The van der Waals surface area contributed by atoms with E-state index in [0.29, 0.717) is 17.1 Å². The summed E-state index contributed by atoms with van der Waals surface area (Å²) in [4.78, 5) is 28.1. The first-order valence-corrected chi connectivity index (χ1v) is 9.60. The first kappa shape index (κ1) is 19.3. The summed E-state index contributed by atoms with van der Waals surface area (Å²) in [6.07, 6.45) is 2.07. The molecule has 4 rings (SSSR count). The summed E-state index contributed by atoms with van der Waals surface area (Å²) in [5, 5.41) is 6.69. The maximum absolute atomic E-state index is 12.6. The molecule has 4 aromatic rings. The number of anilines is 2. The van der Waals surface area contributed by atoms with E-state index >= 15 is 0 Å². The Morgan fingerprint density at radius 3 is 2.17 bits per heavy atom. The zero-order valence-corrected chi connectivity index (χ0v) is 16.2. The molecule has 0 atom stereocenters. The van der Waals surface area contributed by atoms with Gasteiger partial charge in [-0.3, -0.25) is 9.59 Å². The first-order chi connectivity index (χ1) is 14.7. The second-order valence-corrected chi connectivity index (χ2v) is 6.78. The minimum Gasteiger partial charge on any atom is -0.484 e. The molecule has 30 heavy (non-hydrogen) atoms. The average Bonchev–Trinajstić information content (AvgIpc) is 3.17. The van der Waals surface area contributed by atoms with Gasteiger partial charge in [0.15, 0.2) is 6.61 Å². The number of ether oxygens (including phenoxy) is 1. The van der Waals surface area contributed by atoms with Gasteiger partial charge in [-0.1, -0.05) is 48.5 Å². The lowest BCUT2D eigenvalue weighted by Gasteiger charge is -2.13. The monoisotopic (exact) mass is 399 g/mol. The molecule has 3 N–H and O–H groups in total. The predicted octanol–water partition coefficient (Wildman–Crippen LogP) is 4.37. The third-order valence-corrected chi connectivity index (χ3v) is 4.61. The van der Waals surface area contributed by atoms with Crippen molar-refractivity contribution in [3.8, 4) is 5.75 Å². The number of benzene rings is 3. The van der Waals surface area contributed by atoms with E-state index in [0.717, 1.165) is 16.5 Å². The molecule has 0 radical (unpaired) electrons. The second kappa shape index (κ2) is 8.96. The van der Waals surface area contributed by atoms with Crippen molar-refractivity contribution < 1.29 is 14.3 Å². The van der Waals surface area contributed by atoms with Gasteiger partial charge in [0.2, 0.25) is 5.91 Å². The fourth-order valence-corrected chi connectivity index (χ4v) is 3.20. The van der Waals surface area contributed by atoms with Crippen molar-refractivity contribution in [2.45, 2.75) is 6.42 Å². The van der Waals surface area contributed by atoms with E-state index in [4.69, 9.17) is 4.74 Å². The molecule has 3 aromatic carbocycles. The minimum absolute atomic E-state index is 0.123. The molecule has 0 bridgehead atoms. The van der Waals surface area contributed by atoms with Crippen LogP contribution in [0.25, 0.3) is 10.9 Å². The number of para-hydroxylation sites is 4. The Morgan fingerprint density at radius 1 is 0.767 bits per heavy atom. The number of hydrogen-bond acceptors (Lipinski definition) is 3. The van der Waals surface area contributed by atoms with E-state index in [1.165, 1.54) is 0 Å². The highest BCUT2D eigenvalue weighted by Gasteiger charge is 2.12. The van der Waals surface area contributed by atoms with E-state index in [2.05, 4.69) is 15.6 Å². The van der Waals surface area contributed by atoms with Crippen molar-refractivity contribution in [1.82, 2.24) is 4.98 Å². The van der Waals surface area contributed by atoms with Gasteiger partial charge in [0.1, 0.15) is 5.75 Å². The number of aromatic nitrogens is 1. The Morgan fingerprint density at radius 2 is 1.40 bits per heavy atom. The van der Waals surface area contributed by atoms with Crippen molar-refractivity contribution >= 4 is 34.1 Å². The van der Waals surface area contributed by atoms with Crippen LogP contribution in [0.3, 0.4) is 0 Å². The Kier molecular flexibility index (Phi) is 5.75. The zero-order valence-electron chi connectivity index (χ0n) is 16.2. The quantitative estimate of drug-likeness (QED) is 0.432. The molecular weight excluding hydrogens is 378 g/mol. The number of rotatable bonds is 7. The third-order valence-electron chi connectivity index (χ3n) is 4.61. The van der Waals surface area contributed by atoms with E-state index in [1.54, 1.807) is 36.4 Å². The van der Waals surface area contributed by atoms with Crippen LogP contribution in [0.15, 0.2) is 85.1 Å². The van der Waals surface area contributed by atoms with Crippen LogP contribution in [-0.2, 0) is 16.0 Å². The number of hydrogen-bond donors (Lipinski definition) is 3. The molecule has 0 saturated carbocycles. The van der Waals surface area contributed by atoms with Crippen LogP contribution >= 0.6 is 0 Å². The number of aromatic amines is 1. The van der Waals surface area contributed by atoms with Crippen LogP contribution in [0.1, 0.15) is 5.56 Å². The standard InChI is InChI=1S/C24H21N3O3/c28-23(14-17-15-25-20-11-5-4-10-19(17)20)26-21-12-6-7-13-22(21)27-24(29)16-30-18-8-2-1-3-9-18/h1-13,15,25H,14,16H2,(H,26,28)(H,27,29). The maximum Gasteiger partial charge on any atom is 0.262 e. The predicted molar refractivity (Wildman–Crippen MR) is 118 cm³/mol. The van der Waals surface area contributed by atoms with Crippen LogP contribution < -0.4 is 15.4 Å². The molecule has 0 aliphatic carbocycles. The molecule has 0 spiro atoms. The lowest BCUT2D eigenvalue weighted by Crippen LogP contribution is -2.22. The summed E-state index contributed by atoms with van der Waals surface area (Å²) in [6, 6.07) is 24.1. The van der Waals surface area contributed by atoms with Crippen LogP contribution in [0.5, 0.6) is 5.75 Å². The van der Waals surface area contributed by atoms with Crippen molar-refractivity contribution in [3.63, 3.8) is 0 Å². The SMILES string of the molecule is O=C(COc1ccccc1)Nc1ccccc1NC(=O)Cc1c[nH]c2ccccc12. The van der Waals surface area contributed by atoms with Crippen LogP contribution in [0.4, 0.5) is 11.4 Å². The summed E-state index contributed by atoms with van der Waals surface area (Å²) >= 11 is 0. The largest absolute Gasteiger partial charge is 0.484 e. The van der Waals surface area contributed by atoms with Gasteiger partial charge in [-0.05, 0) is 35.9 Å². The molecule has 0 fully saturated rings. The van der Waals surface area contributed by atoms with Gasteiger partial charge in [-0.15, -0.1) is 0 Å². The molecular formula is C24H21N3O3.